The second-order valence-electron chi connectivity index (χ2n) is 12.6. The summed E-state index contributed by atoms with van der Waals surface area (Å²) < 4.78 is 44.9. The number of carbonyl (C=O) groups excluding carboxylic acids is 1. The zero-order chi connectivity index (χ0) is 30.0. The Labute approximate surface area is 242 Å². The fraction of sp³-hybridized carbons (Fsp3) is 0.548. The van der Waals surface area contributed by atoms with E-state index in [4.69, 9.17) is 0 Å². The van der Waals surface area contributed by atoms with Gasteiger partial charge in [-0.1, -0.05) is 20.8 Å². The monoisotopic (exact) mass is 582 g/mol. The summed E-state index contributed by atoms with van der Waals surface area (Å²) >= 11 is 0. The maximum Gasteiger partial charge on any atom is 0.416 e. The predicted octanol–water partition coefficient (Wildman–Crippen LogP) is 5.19. The molecule has 2 aliphatic heterocycles. The maximum absolute atomic E-state index is 14.4. The highest BCUT2D eigenvalue weighted by Crippen LogP contribution is 2.53. The van der Waals surface area contributed by atoms with Crippen molar-refractivity contribution < 1.29 is 18.0 Å². The third kappa shape index (κ3) is 4.75. The molecule has 0 bridgehead atoms. The highest BCUT2D eigenvalue weighted by Gasteiger charge is 2.50. The van der Waals surface area contributed by atoms with Gasteiger partial charge in [0.05, 0.1) is 17.5 Å². The molecule has 1 saturated heterocycles. The van der Waals surface area contributed by atoms with Crippen molar-refractivity contribution in [1.29, 1.82) is 0 Å². The van der Waals surface area contributed by atoms with Crippen LogP contribution in [0.2, 0.25) is 0 Å². The molecule has 1 saturated carbocycles. The highest BCUT2D eigenvalue weighted by molar-refractivity contribution is 6.10. The molecule has 0 spiro atoms. The minimum atomic E-state index is -4.63. The van der Waals surface area contributed by atoms with Crippen molar-refractivity contribution in [2.45, 2.75) is 77.6 Å². The molecule has 1 aliphatic carbocycles. The van der Waals surface area contributed by atoms with E-state index in [-0.39, 0.29) is 23.4 Å². The number of piperidine rings is 1. The van der Waals surface area contributed by atoms with E-state index in [1.807, 2.05) is 6.92 Å². The van der Waals surface area contributed by atoms with E-state index in [1.165, 1.54) is 11.0 Å². The van der Waals surface area contributed by atoms with Gasteiger partial charge in [-0.3, -0.25) is 24.1 Å². The van der Waals surface area contributed by atoms with Crippen molar-refractivity contribution in [2.75, 3.05) is 18.0 Å². The number of halogens is 3. The Morgan fingerprint density at radius 3 is 2.52 bits per heavy atom. The number of carbonyl (C=O) groups is 1. The molecule has 42 heavy (non-hydrogen) atoms. The summed E-state index contributed by atoms with van der Waals surface area (Å²) in [4.78, 5) is 38.1. The molecule has 1 atom stereocenters. The topological polar surface area (TPSA) is 87.1 Å². The minimum absolute atomic E-state index is 0.0233. The first-order valence-electron chi connectivity index (χ1n) is 14.8. The summed E-state index contributed by atoms with van der Waals surface area (Å²) in [6, 6.07) is 2.79. The number of aromatic nitrogens is 4. The Hall–Kier alpha value is -3.47. The van der Waals surface area contributed by atoms with Gasteiger partial charge in [-0.2, -0.15) is 18.3 Å². The quantitative estimate of drug-likeness (QED) is 0.432. The standard InChI is InChI=1S/C31H37F3N6O2/c1-5-21-25(30(11-19(3)12-30)29-36-17-38(4)37-29)13-35-27(41)26(21)40-16-23-22(28(40)42)9-20(10-24(23)31(32,33)34)15-39-8-6-7-18(2)14-39/h9-10,13,17-19H,5-8,11-12,14-16H2,1-4H3,(H,35,41)/t18-,19?,30?/m0/s1. The van der Waals surface area contributed by atoms with E-state index < -0.39 is 28.6 Å². The summed E-state index contributed by atoms with van der Waals surface area (Å²) in [7, 11) is 1.80. The van der Waals surface area contributed by atoms with Crippen LogP contribution in [0.3, 0.4) is 0 Å². The maximum atomic E-state index is 14.4. The van der Waals surface area contributed by atoms with E-state index in [1.54, 1.807) is 30.3 Å². The molecule has 1 amide bonds. The highest BCUT2D eigenvalue weighted by atomic mass is 19.4. The van der Waals surface area contributed by atoms with E-state index in [2.05, 4.69) is 33.8 Å². The Morgan fingerprint density at radius 1 is 1.14 bits per heavy atom. The Kier molecular flexibility index (Phi) is 7.06. The summed E-state index contributed by atoms with van der Waals surface area (Å²) in [6.07, 6.45) is 2.73. The number of nitrogens with one attached hydrogen (secondary N) is 1. The fourth-order valence-corrected chi connectivity index (χ4v) is 7.52. The fourth-order valence-electron chi connectivity index (χ4n) is 7.52. The average Bonchev–Trinajstić information content (AvgIpc) is 3.49. The van der Waals surface area contributed by atoms with Gasteiger partial charge < -0.3 is 4.98 Å². The average molecular weight is 583 g/mol. The first-order chi connectivity index (χ1) is 19.9. The van der Waals surface area contributed by atoms with Gasteiger partial charge in [0.25, 0.3) is 11.5 Å². The minimum Gasteiger partial charge on any atom is -0.327 e. The number of aryl methyl sites for hydroxylation is 1. The Balaban J connectivity index is 1.43. The number of anilines is 1. The number of benzene rings is 1. The van der Waals surface area contributed by atoms with Crippen molar-refractivity contribution in [2.24, 2.45) is 18.9 Å². The molecule has 3 aromatic rings. The van der Waals surface area contributed by atoms with E-state index >= 15 is 0 Å². The zero-order valence-electron chi connectivity index (χ0n) is 24.5. The van der Waals surface area contributed by atoms with Crippen LogP contribution >= 0.6 is 0 Å². The smallest absolute Gasteiger partial charge is 0.327 e. The molecule has 8 nitrogen and oxygen atoms in total. The van der Waals surface area contributed by atoms with Gasteiger partial charge in [0.1, 0.15) is 12.0 Å². The van der Waals surface area contributed by atoms with Gasteiger partial charge in [0, 0.05) is 31.9 Å². The number of aromatic amines is 1. The van der Waals surface area contributed by atoms with Crippen molar-refractivity contribution in [1.82, 2.24) is 24.6 Å². The van der Waals surface area contributed by atoms with Crippen LogP contribution in [0.5, 0.6) is 0 Å². The van der Waals surface area contributed by atoms with Gasteiger partial charge in [0.15, 0.2) is 5.82 Å². The van der Waals surface area contributed by atoms with Crippen LogP contribution in [-0.2, 0) is 38.1 Å². The number of nitrogens with zero attached hydrogens (tertiary/aromatic N) is 5. The molecule has 2 fully saturated rings. The largest absolute Gasteiger partial charge is 0.416 e. The second kappa shape index (κ2) is 10.4. The molecular weight excluding hydrogens is 545 g/mol. The zero-order valence-corrected chi connectivity index (χ0v) is 24.5. The first-order valence-corrected chi connectivity index (χ1v) is 14.8. The van der Waals surface area contributed by atoms with Gasteiger partial charge in [-0.25, -0.2) is 4.98 Å². The number of amides is 1. The number of hydrogen-bond donors (Lipinski definition) is 1. The molecule has 2 aromatic heterocycles. The lowest BCUT2D eigenvalue weighted by molar-refractivity contribution is -0.138. The van der Waals surface area contributed by atoms with Crippen molar-refractivity contribution in [3.8, 4) is 0 Å². The predicted molar refractivity (Wildman–Crippen MR) is 152 cm³/mol. The van der Waals surface area contributed by atoms with Crippen LogP contribution in [0.1, 0.15) is 90.5 Å². The summed E-state index contributed by atoms with van der Waals surface area (Å²) in [6.45, 7) is 7.85. The Morgan fingerprint density at radius 2 is 1.90 bits per heavy atom. The number of pyridine rings is 1. The van der Waals surface area contributed by atoms with E-state index in [0.29, 0.717) is 41.8 Å². The lowest BCUT2D eigenvalue weighted by Crippen LogP contribution is -2.44. The molecule has 0 radical (unpaired) electrons. The summed E-state index contributed by atoms with van der Waals surface area (Å²) in [5.41, 5.74) is 0.157. The number of H-pyrrole nitrogens is 1. The van der Waals surface area contributed by atoms with Crippen LogP contribution in [0.25, 0.3) is 0 Å². The van der Waals surface area contributed by atoms with Crippen molar-refractivity contribution >= 4 is 11.6 Å². The first kappa shape index (κ1) is 28.6. The lowest BCUT2D eigenvalue weighted by atomic mass is 9.58. The summed E-state index contributed by atoms with van der Waals surface area (Å²) in [5, 5.41) is 4.59. The molecule has 4 heterocycles. The van der Waals surface area contributed by atoms with E-state index in [9.17, 15) is 22.8 Å². The SMILES string of the molecule is CCc1c(C2(c3ncn(C)n3)CC(C)C2)c[nH]c(=O)c1N1Cc2c(cc(CN3CCC[C@H](C)C3)cc2C(F)(F)F)C1=O. The molecule has 3 aliphatic rings. The Bertz CT molecular complexity index is 1590. The molecule has 1 N–H and O–H groups in total. The van der Waals surface area contributed by atoms with Crippen molar-refractivity contribution in [3.63, 3.8) is 0 Å². The lowest BCUT2D eigenvalue weighted by Gasteiger charge is -2.46. The summed E-state index contributed by atoms with van der Waals surface area (Å²) in [5.74, 6) is 0.945. The molecule has 1 aromatic carbocycles. The number of rotatable bonds is 6. The van der Waals surface area contributed by atoms with Crippen LogP contribution in [0, 0.1) is 11.8 Å². The van der Waals surface area contributed by atoms with Crippen LogP contribution < -0.4 is 10.5 Å². The van der Waals surface area contributed by atoms with Crippen LogP contribution in [-0.4, -0.2) is 43.6 Å². The molecular formula is C31H37F3N6O2. The van der Waals surface area contributed by atoms with Crippen molar-refractivity contribution in [3.05, 3.63) is 74.2 Å². The number of hydrogen-bond acceptors (Lipinski definition) is 5. The third-order valence-corrected chi connectivity index (χ3v) is 9.29. The van der Waals surface area contributed by atoms with Crippen LogP contribution in [0.4, 0.5) is 18.9 Å². The van der Waals surface area contributed by atoms with Gasteiger partial charge in [-0.15, -0.1) is 0 Å². The number of likely N-dealkylation sites (tertiary alicyclic amines) is 1. The molecule has 11 heteroatoms. The molecule has 6 rings (SSSR count). The number of alkyl halides is 3. The normalized spacial score (nSPS) is 24.6. The van der Waals surface area contributed by atoms with Gasteiger partial charge in [-0.05, 0) is 84.9 Å². The molecule has 224 valence electrons. The van der Waals surface area contributed by atoms with Gasteiger partial charge in [0.2, 0.25) is 0 Å². The van der Waals surface area contributed by atoms with E-state index in [0.717, 1.165) is 44.3 Å². The van der Waals surface area contributed by atoms with Gasteiger partial charge >= 0.3 is 6.18 Å². The third-order valence-electron chi connectivity index (χ3n) is 9.29. The molecule has 0 unspecified atom stereocenters. The number of fused-ring (bicyclic) bond motifs is 1. The van der Waals surface area contributed by atoms with Crippen LogP contribution in [0.15, 0.2) is 29.5 Å². The second-order valence-corrected chi connectivity index (χ2v) is 12.6.